The molecule has 0 N–H and O–H groups in total. The number of thioether (sulfide) groups is 1. The zero-order chi connectivity index (χ0) is 16.7. The van der Waals surface area contributed by atoms with Gasteiger partial charge in [-0.1, -0.05) is 13.8 Å². The molecule has 1 aromatic rings. The van der Waals surface area contributed by atoms with Crippen molar-refractivity contribution in [3.8, 4) is 0 Å². The number of hydrogen-bond donors (Lipinski definition) is 0. The molecule has 0 amide bonds. The summed E-state index contributed by atoms with van der Waals surface area (Å²) in [4.78, 5) is 18.8. The van der Waals surface area contributed by atoms with E-state index in [1.807, 2.05) is 19.2 Å². The van der Waals surface area contributed by atoms with Gasteiger partial charge in [0.2, 0.25) is 0 Å². The van der Waals surface area contributed by atoms with Gasteiger partial charge < -0.3 is 14.4 Å². The van der Waals surface area contributed by atoms with E-state index in [2.05, 4.69) is 23.7 Å². The molecular formula is C16H27N3O3S. The minimum Gasteiger partial charge on any atom is -0.378 e. The molecule has 7 heteroatoms. The molecule has 0 saturated carbocycles. The van der Waals surface area contributed by atoms with Gasteiger partial charge in [-0.05, 0) is 25.8 Å². The second-order valence-electron chi connectivity index (χ2n) is 5.48. The Bertz CT molecular complexity index is 532. The van der Waals surface area contributed by atoms with Gasteiger partial charge in [0.25, 0.3) is 0 Å². The number of hydrogen-bond acceptors (Lipinski definition) is 6. The molecule has 23 heavy (non-hydrogen) atoms. The summed E-state index contributed by atoms with van der Waals surface area (Å²) in [5, 5.41) is -0.0275. The van der Waals surface area contributed by atoms with Crippen molar-refractivity contribution in [2.75, 3.05) is 37.8 Å². The summed E-state index contributed by atoms with van der Waals surface area (Å²) in [5.74, 6) is 0.768. The first kappa shape index (κ1) is 18.3. The van der Waals surface area contributed by atoms with Gasteiger partial charge in [-0.15, -0.1) is 11.8 Å². The van der Waals surface area contributed by atoms with Crippen molar-refractivity contribution < 1.29 is 9.47 Å². The molecule has 1 fully saturated rings. The van der Waals surface area contributed by atoms with Crippen LogP contribution in [0.5, 0.6) is 0 Å². The highest BCUT2D eigenvalue weighted by Gasteiger charge is 2.28. The maximum atomic E-state index is 12.4. The number of ether oxygens (including phenoxy) is 2. The van der Waals surface area contributed by atoms with Crippen molar-refractivity contribution in [3.05, 3.63) is 22.7 Å². The number of anilines is 1. The van der Waals surface area contributed by atoms with Crippen LogP contribution in [0.1, 0.15) is 39.0 Å². The molecule has 0 aliphatic carbocycles. The standard InChI is InChI=1S/C16H27N3O3S/c1-4-8-18(9-5-2)13-7-10-19(16(20)17-13)14-11-22-15(23-14)12-21-6-3/h7,10,14-15H,4-6,8-9,11-12H2,1-3H3/t14?,15-/m0/s1. The summed E-state index contributed by atoms with van der Waals surface area (Å²) < 4.78 is 12.7. The van der Waals surface area contributed by atoms with Gasteiger partial charge in [-0.2, -0.15) is 4.98 Å². The molecule has 1 aliphatic rings. The highest BCUT2D eigenvalue weighted by atomic mass is 32.2. The summed E-state index contributed by atoms with van der Waals surface area (Å²) in [6.45, 7) is 9.80. The largest absolute Gasteiger partial charge is 0.378 e. The summed E-state index contributed by atoms with van der Waals surface area (Å²) in [6, 6.07) is 1.93. The van der Waals surface area contributed by atoms with E-state index in [1.54, 1.807) is 16.3 Å². The van der Waals surface area contributed by atoms with Crippen molar-refractivity contribution in [1.29, 1.82) is 0 Å². The summed E-state index contributed by atoms with van der Waals surface area (Å²) >= 11 is 1.61. The lowest BCUT2D eigenvalue weighted by atomic mass is 10.3. The van der Waals surface area contributed by atoms with Crippen LogP contribution in [0.4, 0.5) is 5.82 Å². The van der Waals surface area contributed by atoms with Crippen LogP contribution in [0.25, 0.3) is 0 Å². The molecule has 2 atom stereocenters. The molecule has 6 nitrogen and oxygen atoms in total. The van der Waals surface area contributed by atoms with Crippen LogP contribution in [-0.2, 0) is 9.47 Å². The second-order valence-corrected chi connectivity index (χ2v) is 6.82. The topological polar surface area (TPSA) is 56.6 Å². The summed E-state index contributed by atoms with van der Waals surface area (Å²) in [5.41, 5.74) is -0.221. The van der Waals surface area contributed by atoms with E-state index in [0.717, 1.165) is 31.7 Å². The third kappa shape index (κ3) is 4.96. The van der Waals surface area contributed by atoms with Crippen LogP contribution >= 0.6 is 11.8 Å². The summed E-state index contributed by atoms with van der Waals surface area (Å²) in [6.07, 6.45) is 3.92. The molecular weight excluding hydrogens is 314 g/mol. The minimum atomic E-state index is -0.210. The fraction of sp³-hybridized carbons (Fsp3) is 0.750. The fourth-order valence-electron chi connectivity index (χ4n) is 2.57. The lowest BCUT2D eigenvalue weighted by Crippen LogP contribution is -2.31. The predicted octanol–water partition coefficient (Wildman–Crippen LogP) is 2.49. The molecule has 1 saturated heterocycles. The molecule has 1 aliphatic heterocycles. The first-order valence-corrected chi connectivity index (χ1v) is 9.32. The summed E-state index contributed by atoms with van der Waals surface area (Å²) in [7, 11) is 0. The van der Waals surface area contributed by atoms with Gasteiger partial charge in [-0.25, -0.2) is 4.79 Å². The second kappa shape index (κ2) is 9.30. The number of rotatable bonds is 9. The molecule has 0 aromatic carbocycles. The van der Waals surface area contributed by atoms with Crippen LogP contribution < -0.4 is 10.6 Å². The van der Waals surface area contributed by atoms with Crippen molar-refractivity contribution in [1.82, 2.24) is 9.55 Å². The van der Waals surface area contributed by atoms with Crippen molar-refractivity contribution >= 4 is 17.6 Å². The van der Waals surface area contributed by atoms with E-state index in [-0.39, 0.29) is 16.5 Å². The third-order valence-electron chi connectivity index (χ3n) is 3.63. The zero-order valence-electron chi connectivity index (χ0n) is 14.2. The molecule has 0 radical (unpaired) electrons. The van der Waals surface area contributed by atoms with Gasteiger partial charge >= 0.3 is 5.69 Å². The molecule has 1 aromatic heterocycles. The van der Waals surface area contributed by atoms with Crippen LogP contribution in [0.3, 0.4) is 0 Å². The van der Waals surface area contributed by atoms with E-state index < -0.39 is 0 Å². The molecule has 0 spiro atoms. The molecule has 2 rings (SSSR count). The smallest absolute Gasteiger partial charge is 0.350 e. The fourth-order valence-corrected chi connectivity index (χ4v) is 3.70. The highest BCUT2D eigenvalue weighted by Crippen LogP contribution is 2.34. The Kier molecular flexibility index (Phi) is 7.39. The Labute approximate surface area is 142 Å². The predicted molar refractivity (Wildman–Crippen MR) is 94.2 cm³/mol. The van der Waals surface area contributed by atoms with Gasteiger partial charge in [-0.3, -0.25) is 4.57 Å². The Balaban J connectivity index is 2.06. The maximum absolute atomic E-state index is 12.4. The van der Waals surface area contributed by atoms with Crippen LogP contribution in [0.15, 0.2) is 17.1 Å². The van der Waals surface area contributed by atoms with Crippen LogP contribution in [0.2, 0.25) is 0 Å². The Morgan fingerprint density at radius 2 is 2.13 bits per heavy atom. The van der Waals surface area contributed by atoms with Gasteiger partial charge in [0.05, 0.1) is 13.2 Å². The van der Waals surface area contributed by atoms with Crippen molar-refractivity contribution in [2.45, 2.75) is 44.4 Å². The molecule has 0 bridgehead atoms. The van der Waals surface area contributed by atoms with Gasteiger partial charge in [0, 0.05) is 25.9 Å². The first-order valence-electron chi connectivity index (χ1n) is 8.38. The van der Waals surface area contributed by atoms with E-state index in [4.69, 9.17) is 9.47 Å². The Hall–Kier alpha value is -1.05. The normalized spacial score (nSPS) is 20.8. The molecule has 2 heterocycles. The lowest BCUT2D eigenvalue weighted by molar-refractivity contribution is 0.0426. The Morgan fingerprint density at radius 1 is 1.39 bits per heavy atom. The average Bonchev–Trinajstić information content (AvgIpc) is 3.01. The van der Waals surface area contributed by atoms with E-state index in [1.165, 1.54) is 0 Å². The number of aromatic nitrogens is 2. The van der Waals surface area contributed by atoms with E-state index >= 15 is 0 Å². The van der Waals surface area contributed by atoms with E-state index in [9.17, 15) is 4.79 Å². The SMILES string of the molecule is CCCN(CCC)c1ccn(C2CO[C@H](COCC)S2)c(=O)n1. The molecule has 1 unspecified atom stereocenters. The van der Waals surface area contributed by atoms with Gasteiger partial charge in [0.1, 0.15) is 16.6 Å². The third-order valence-corrected chi connectivity index (χ3v) is 4.88. The Morgan fingerprint density at radius 3 is 2.74 bits per heavy atom. The van der Waals surface area contributed by atoms with E-state index in [0.29, 0.717) is 19.8 Å². The zero-order valence-corrected chi connectivity index (χ0v) is 15.1. The number of nitrogens with zero attached hydrogens (tertiary/aromatic N) is 3. The first-order chi connectivity index (χ1) is 11.2. The maximum Gasteiger partial charge on any atom is 0.350 e. The monoisotopic (exact) mass is 341 g/mol. The van der Waals surface area contributed by atoms with Crippen LogP contribution in [0, 0.1) is 0 Å². The lowest BCUT2D eigenvalue weighted by Gasteiger charge is -2.23. The average molecular weight is 341 g/mol. The van der Waals surface area contributed by atoms with Crippen molar-refractivity contribution in [3.63, 3.8) is 0 Å². The quantitative estimate of drug-likeness (QED) is 0.688. The molecule has 130 valence electrons. The van der Waals surface area contributed by atoms with Crippen LogP contribution in [-0.4, -0.2) is 47.9 Å². The van der Waals surface area contributed by atoms with Gasteiger partial charge in [0.15, 0.2) is 0 Å². The minimum absolute atomic E-state index is 0.0109. The van der Waals surface area contributed by atoms with Crippen molar-refractivity contribution in [2.24, 2.45) is 0 Å². The highest BCUT2D eigenvalue weighted by molar-refractivity contribution is 8.00.